The van der Waals surface area contributed by atoms with E-state index in [0.717, 1.165) is 12.3 Å². The molecule has 0 amide bonds. The van der Waals surface area contributed by atoms with Gasteiger partial charge in [-0.2, -0.15) is 5.10 Å². The Morgan fingerprint density at radius 1 is 1.11 bits per heavy atom. The molecule has 18 heavy (non-hydrogen) atoms. The second kappa shape index (κ2) is 4.47. The van der Waals surface area contributed by atoms with Gasteiger partial charge < -0.3 is 4.74 Å². The van der Waals surface area contributed by atoms with E-state index in [1.165, 1.54) is 18.2 Å². The summed E-state index contributed by atoms with van der Waals surface area (Å²) >= 11 is 0. The number of aromatic amines is 1. The van der Waals surface area contributed by atoms with Crippen molar-refractivity contribution in [1.29, 1.82) is 0 Å². The van der Waals surface area contributed by atoms with Crippen LogP contribution < -0.4 is 10.3 Å². The van der Waals surface area contributed by atoms with Crippen LogP contribution in [0.1, 0.15) is 0 Å². The summed E-state index contributed by atoms with van der Waals surface area (Å²) in [7, 11) is 0. The van der Waals surface area contributed by atoms with E-state index in [1.807, 2.05) is 0 Å². The zero-order chi connectivity index (χ0) is 13.2. The Balaban J connectivity index is 2.22. The van der Waals surface area contributed by atoms with Gasteiger partial charge in [0.05, 0.1) is 11.9 Å². The predicted molar refractivity (Wildman–Crippen MR) is 54.8 cm³/mol. The molecule has 0 spiro atoms. The quantitative estimate of drug-likeness (QED) is 0.889. The van der Waals surface area contributed by atoms with Crippen molar-refractivity contribution in [2.45, 2.75) is 6.36 Å². The van der Waals surface area contributed by atoms with Gasteiger partial charge in [-0.05, 0) is 18.2 Å². The third-order valence-electron chi connectivity index (χ3n) is 1.91. The molecule has 0 bridgehead atoms. The largest absolute Gasteiger partial charge is 0.573 e. The number of ether oxygens (including phenoxy) is 1. The number of nitrogens with one attached hydrogen (secondary N) is 1. The van der Waals surface area contributed by atoms with Crippen LogP contribution >= 0.6 is 0 Å². The van der Waals surface area contributed by atoms with Crippen LogP contribution in [0.5, 0.6) is 5.75 Å². The molecule has 0 unspecified atom stereocenters. The Bertz CT molecular complexity index is 572. The summed E-state index contributed by atoms with van der Waals surface area (Å²) in [6.07, 6.45) is -3.82. The molecule has 2 rings (SSSR count). The minimum absolute atomic E-state index is 0.320. The molecule has 0 atom stereocenters. The van der Waals surface area contributed by atoms with Crippen molar-refractivity contribution in [3.63, 3.8) is 0 Å². The molecular weight excluding hydrogens is 251 g/mol. The van der Waals surface area contributed by atoms with Crippen LogP contribution in [0.2, 0.25) is 0 Å². The van der Waals surface area contributed by atoms with E-state index >= 15 is 0 Å². The third-order valence-corrected chi connectivity index (χ3v) is 1.91. The van der Waals surface area contributed by atoms with E-state index in [-0.39, 0.29) is 5.56 Å². The normalized spacial score (nSPS) is 11.3. The number of hydrogen-bond acceptors (Lipinski definition) is 4. The average molecular weight is 257 g/mol. The first kappa shape index (κ1) is 12.1. The maximum atomic E-state index is 11.9. The summed E-state index contributed by atoms with van der Waals surface area (Å²) in [4.78, 5) is 14.5. The molecule has 1 N–H and O–H groups in total. The molecule has 2 aromatic heterocycles. The zero-order valence-corrected chi connectivity index (χ0v) is 8.73. The third kappa shape index (κ3) is 3.06. The van der Waals surface area contributed by atoms with E-state index in [4.69, 9.17) is 0 Å². The lowest BCUT2D eigenvalue weighted by Crippen LogP contribution is -2.17. The molecule has 94 valence electrons. The highest BCUT2D eigenvalue weighted by Gasteiger charge is 2.31. The number of alkyl halides is 3. The maximum Gasteiger partial charge on any atom is 0.573 e. The number of rotatable bonds is 2. The summed E-state index contributed by atoms with van der Waals surface area (Å²) in [5, 5.41) is 5.88. The van der Waals surface area contributed by atoms with E-state index in [9.17, 15) is 18.0 Å². The van der Waals surface area contributed by atoms with Gasteiger partial charge in [0.15, 0.2) is 0 Å². The van der Waals surface area contributed by atoms with Gasteiger partial charge in [-0.1, -0.05) is 0 Å². The van der Waals surface area contributed by atoms with Crippen LogP contribution in [0, 0.1) is 0 Å². The first-order valence-corrected chi connectivity index (χ1v) is 4.72. The van der Waals surface area contributed by atoms with Gasteiger partial charge in [0.2, 0.25) is 0 Å². The van der Waals surface area contributed by atoms with Gasteiger partial charge in [-0.15, -0.1) is 13.2 Å². The number of nitrogens with zero attached hydrogens (tertiary/aromatic N) is 2. The van der Waals surface area contributed by atoms with Crippen LogP contribution in [-0.2, 0) is 0 Å². The summed E-state index contributed by atoms with van der Waals surface area (Å²) in [6, 6.07) is 5.07. The molecule has 0 aliphatic rings. The van der Waals surface area contributed by atoms with Gasteiger partial charge >= 0.3 is 6.36 Å². The minimum atomic E-state index is -4.75. The van der Waals surface area contributed by atoms with E-state index in [0.29, 0.717) is 11.4 Å². The molecular formula is C10H6F3N3O2. The SMILES string of the molecule is O=c1ccc(-c2ccc(OC(F)(F)F)cn2)n[nH]1. The van der Waals surface area contributed by atoms with Crippen LogP contribution in [0.4, 0.5) is 13.2 Å². The van der Waals surface area contributed by atoms with E-state index in [2.05, 4.69) is 19.9 Å². The van der Waals surface area contributed by atoms with Gasteiger partial charge in [0, 0.05) is 6.07 Å². The number of halogens is 3. The van der Waals surface area contributed by atoms with Gasteiger partial charge in [0.25, 0.3) is 5.56 Å². The number of aromatic nitrogens is 3. The number of H-pyrrole nitrogens is 1. The van der Waals surface area contributed by atoms with Gasteiger partial charge in [-0.25, -0.2) is 5.10 Å². The van der Waals surface area contributed by atoms with Crippen LogP contribution in [-0.4, -0.2) is 21.5 Å². The minimum Gasteiger partial charge on any atom is -0.404 e. The Kier molecular flexibility index (Phi) is 3.00. The van der Waals surface area contributed by atoms with Crippen molar-refractivity contribution in [1.82, 2.24) is 15.2 Å². The van der Waals surface area contributed by atoms with Crippen molar-refractivity contribution in [2.24, 2.45) is 0 Å². The van der Waals surface area contributed by atoms with Crippen molar-refractivity contribution in [3.8, 4) is 17.1 Å². The molecule has 0 fully saturated rings. The first-order valence-electron chi connectivity index (χ1n) is 4.72. The van der Waals surface area contributed by atoms with Gasteiger partial charge in [0.1, 0.15) is 11.4 Å². The van der Waals surface area contributed by atoms with Crippen LogP contribution in [0.15, 0.2) is 35.3 Å². The lowest BCUT2D eigenvalue weighted by molar-refractivity contribution is -0.274. The molecule has 0 aliphatic heterocycles. The van der Waals surface area contributed by atoms with Crippen LogP contribution in [0.3, 0.4) is 0 Å². The summed E-state index contributed by atoms with van der Waals surface area (Å²) in [5.41, 5.74) is 0.282. The Morgan fingerprint density at radius 3 is 2.33 bits per heavy atom. The molecule has 5 nitrogen and oxygen atoms in total. The van der Waals surface area contributed by atoms with Crippen molar-refractivity contribution >= 4 is 0 Å². The van der Waals surface area contributed by atoms with Crippen LogP contribution in [0.25, 0.3) is 11.4 Å². The fourth-order valence-electron chi connectivity index (χ4n) is 1.21. The van der Waals surface area contributed by atoms with E-state index in [1.54, 1.807) is 0 Å². The second-order valence-electron chi connectivity index (χ2n) is 3.23. The molecule has 0 aromatic carbocycles. The predicted octanol–water partition coefficient (Wildman–Crippen LogP) is 1.73. The summed E-state index contributed by atoms with van der Waals surface area (Å²) < 4.78 is 39.4. The summed E-state index contributed by atoms with van der Waals surface area (Å²) in [6.45, 7) is 0. The molecule has 0 radical (unpaired) electrons. The molecule has 0 aliphatic carbocycles. The number of hydrogen-bond donors (Lipinski definition) is 1. The van der Waals surface area contributed by atoms with Crippen molar-refractivity contribution < 1.29 is 17.9 Å². The molecule has 0 saturated carbocycles. The highest BCUT2D eigenvalue weighted by molar-refractivity contribution is 5.53. The highest BCUT2D eigenvalue weighted by atomic mass is 19.4. The zero-order valence-electron chi connectivity index (χ0n) is 8.73. The number of pyridine rings is 1. The molecule has 2 aromatic rings. The average Bonchev–Trinajstić information content (AvgIpc) is 2.29. The Morgan fingerprint density at radius 2 is 1.83 bits per heavy atom. The molecule has 2 heterocycles. The molecule has 8 heteroatoms. The fraction of sp³-hybridized carbons (Fsp3) is 0.100. The van der Waals surface area contributed by atoms with Crippen molar-refractivity contribution in [2.75, 3.05) is 0 Å². The Hall–Kier alpha value is -2.38. The lowest BCUT2D eigenvalue weighted by atomic mass is 10.2. The summed E-state index contributed by atoms with van der Waals surface area (Å²) in [5.74, 6) is -0.421. The Labute approximate surface area is 98.3 Å². The van der Waals surface area contributed by atoms with Gasteiger partial charge in [-0.3, -0.25) is 9.78 Å². The maximum absolute atomic E-state index is 11.9. The van der Waals surface area contributed by atoms with E-state index < -0.39 is 12.1 Å². The second-order valence-corrected chi connectivity index (χ2v) is 3.23. The highest BCUT2D eigenvalue weighted by Crippen LogP contribution is 2.23. The molecule has 0 saturated heterocycles. The standard InChI is InChI=1S/C10H6F3N3O2/c11-10(12,13)18-6-1-2-7(14-5-6)8-3-4-9(17)16-15-8/h1-5H,(H,16,17). The fourth-order valence-corrected chi connectivity index (χ4v) is 1.21. The topological polar surface area (TPSA) is 67.9 Å². The first-order chi connectivity index (χ1) is 8.44. The monoisotopic (exact) mass is 257 g/mol. The lowest BCUT2D eigenvalue weighted by Gasteiger charge is -2.08. The van der Waals surface area contributed by atoms with Crippen molar-refractivity contribution in [3.05, 3.63) is 40.8 Å². The smallest absolute Gasteiger partial charge is 0.404 e.